The third-order valence-corrected chi connectivity index (χ3v) is 7.88. The number of anilines is 1. The first kappa shape index (κ1) is 21.8. The number of fused-ring (bicyclic) bond motifs is 1. The highest BCUT2D eigenvalue weighted by Crippen LogP contribution is 2.45. The van der Waals surface area contributed by atoms with Crippen LogP contribution in [0.4, 0.5) is 10.7 Å². The summed E-state index contributed by atoms with van der Waals surface area (Å²) in [6.45, 7) is 6.92. The Morgan fingerprint density at radius 1 is 1.23 bits per heavy atom. The monoisotopic (exact) mass is 452 g/mol. The van der Waals surface area contributed by atoms with E-state index in [2.05, 4.69) is 26.1 Å². The highest BCUT2D eigenvalue weighted by Gasteiger charge is 2.33. The molecule has 1 N–H and O–H groups in total. The van der Waals surface area contributed by atoms with E-state index in [0.29, 0.717) is 22.9 Å². The molecule has 4 nitrogen and oxygen atoms in total. The standard InChI is InChI=1S/C25H28N2O2S2/c1-25(2,3)16-11-12-18-21(14-16)31-24(26-15-17-8-7-13-30-17)22(18)23(28)27-19-9-5-6-10-20(19)29-4/h5-10,13,15-16H,11-12,14H2,1-4H3,(H,27,28). The van der Waals surface area contributed by atoms with Crippen molar-refractivity contribution in [1.29, 1.82) is 0 Å². The van der Waals surface area contributed by atoms with Gasteiger partial charge in [-0.2, -0.15) is 0 Å². The lowest BCUT2D eigenvalue weighted by Crippen LogP contribution is -2.27. The fourth-order valence-electron chi connectivity index (χ4n) is 4.06. The molecule has 0 bridgehead atoms. The van der Waals surface area contributed by atoms with Gasteiger partial charge in [0.25, 0.3) is 5.91 Å². The molecule has 1 unspecified atom stereocenters. The number of hydrogen-bond donors (Lipinski definition) is 1. The van der Waals surface area contributed by atoms with Crippen LogP contribution in [-0.4, -0.2) is 19.2 Å². The maximum absolute atomic E-state index is 13.4. The van der Waals surface area contributed by atoms with E-state index in [1.54, 1.807) is 29.8 Å². The van der Waals surface area contributed by atoms with Gasteiger partial charge in [0.1, 0.15) is 10.8 Å². The van der Waals surface area contributed by atoms with Crippen molar-refractivity contribution in [2.24, 2.45) is 16.3 Å². The zero-order chi connectivity index (χ0) is 22.0. The number of aliphatic imine (C=N–C) groups is 1. The van der Waals surface area contributed by atoms with Gasteiger partial charge >= 0.3 is 0 Å². The smallest absolute Gasteiger partial charge is 0.259 e. The Kier molecular flexibility index (Phi) is 6.30. The summed E-state index contributed by atoms with van der Waals surface area (Å²) < 4.78 is 5.41. The van der Waals surface area contributed by atoms with Gasteiger partial charge in [-0.3, -0.25) is 4.79 Å². The Balaban J connectivity index is 1.71. The average Bonchev–Trinajstić information content (AvgIpc) is 3.38. The van der Waals surface area contributed by atoms with Crippen LogP contribution in [0.15, 0.2) is 46.8 Å². The normalized spacial score (nSPS) is 16.3. The van der Waals surface area contributed by atoms with E-state index in [4.69, 9.17) is 9.73 Å². The molecule has 0 spiro atoms. The number of nitrogens with zero attached hydrogens (tertiary/aromatic N) is 1. The Bertz CT molecular complexity index is 1090. The van der Waals surface area contributed by atoms with E-state index in [9.17, 15) is 4.79 Å². The van der Waals surface area contributed by atoms with Crippen molar-refractivity contribution in [3.63, 3.8) is 0 Å². The second kappa shape index (κ2) is 8.97. The molecule has 0 aliphatic heterocycles. The fourth-order valence-corrected chi connectivity index (χ4v) is 5.91. The zero-order valence-electron chi connectivity index (χ0n) is 18.4. The van der Waals surface area contributed by atoms with Crippen molar-refractivity contribution in [1.82, 2.24) is 0 Å². The molecule has 1 aromatic carbocycles. The molecule has 31 heavy (non-hydrogen) atoms. The molecule has 0 fully saturated rings. The van der Waals surface area contributed by atoms with Crippen LogP contribution in [0.3, 0.4) is 0 Å². The van der Waals surface area contributed by atoms with Gasteiger partial charge in [0.2, 0.25) is 0 Å². The molecule has 2 heterocycles. The quantitative estimate of drug-likeness (QED) is 0.425. The van der Waals surface area contributed by atoms with Gasteiger partial charge in [-0.1, -0.05) is 39.0 Å². The number of thiophene rings is 2. The molecular formula is C25H28N2O2S2. The van der Waals surface area contributed by atoms with E-state index in [1.165, 1.54) is 4.88 Å². The summed E-state index contributed by atoms with van der Waals surface area (Å²) in [5, 5.41) is 5.88. The second-order valence-corrected chi connectivity index (χ2v) is 11.0. The minimum absolute atomic E-state index is 0.116. The molecular weight excluding hydrogens is 424 g/mol. The number of benzene rings is 1. The van der Waals surface area contributed by atoms with Crippen LogP contribution in [0.5, 0.6) is 5.75 Å². The van der Waals surface area contributed by atoms with Gasteiger partial charge in [-0.05, 0) is 59.7 Å². The van der Waals surface area contributed by atoms with Crippen LogP contribution in [0.2, 0.25) is 0 Å². The number of hydrogen-bond acceptors (Lipinski definition) is 5. The van der Waals surface area contributed by atoms with Crippen molar-refractivity contribution in [2.45, 2.75) is 40.0 Å². The van der Waals surface area contributed by atoms with Crippen molar-refractivity contribution in [3.8, 4) is 5.75 Å². The minimum Gasteiger partial charge on any atom is -0.495 e. The number of amides is 1. The van der Waals surface area contributed by atoms with Crippen LogP contribution in [0.25, 0.3) is 0 Å². The molecule has 2 aromatic heterocycles. The third-order valence-electron chi connectivity index (χ3n) is 5.91. The van der Waals surface area contributed by atoms with Crippen LogP contribution in [0, 0.1) is 11.3 Å². The lowest BCUT2D eigenvalue weighted by atomic mass is 9.72. The first-order chi connectivity index (χ1) is 14.9. The molecule has 0 radical (unpaired) electrons. The van der Waals surface area contributed by atoms with Crippen LogP contribution in [-0.2, 0) is 12.8 Å². The van der Waals surface area contributed by atoms with Gasteiger partial charge in [0, 0.05) is 16.0 Å². The topological polar surface area (TPSA) is 50.7 Å². The second-order valence-electron chi connectivity index (χ2n) is 8.92. The Hall–Kier alpha value is -2.44. The number of rotatable bonds is 5. The van der Waals surface area contributed by atoms with Crippen molar-refractivity contribution in [3.05, 3.63) is 62.7 Å². The van der Waals surface area contributed by atoms with E-state index in [-0.39, 0.29) is 11.3 Å². The molecule has 6 heteroatoms. The fraction of sp³-hybridized carbons (Fsp3) is 0.360. The van der Waals surface area contributed by atoms with Crippen LogP contribution in [0.1, 0.15) is 52.9 Å². The summed E-state index contributed by atoms with van der Waals surface area (Å²) in [4.78, 5) is 20.6. The highest BCUT2D eigenvalue weighted by atomic mass is 32.1. The molecule has 1 amide bonds. The highest BCUT2D eigenvalue weighted by molar-refractivity contribution is 7.16. The maximum Gasteiger partial charge on any atom is 0.259 e. The summed E-state index contributed by atoms with van der Waals surface area (Å²) in [5.74, 6) is 1.14. The predicted octanol–water partition coefficient (Wildman–Crippen LogP) is 6.97. The Morgan fingerprint density at radius 3 is 2.74 bits per heavy atom. The van der Waals surface area contributed by atoms with Crippen LogP contribution < -0.4 is 10.1 Å². The molecule has 3 aromatic rings. The summed E-state index contributed by atoms with van der Waals surface area (Å²) in [5.41, 5.74) is 2.80. The lowest BCUT2D eigenvalue weighted by Gasteiger charge is -2.33. The first-order valence-corrected chi connectivity index (χ1v) is 12.2. The van der Waals surface area contributed by atoms with Crippen molar-refractivity contribution in [2.75, 3.05) is 12.4 Å². The van der Waals surface area contributed by atoms with Crippen LogP contribution >= 0.6 is 22.7 Å². The Labute approximate surface area is 192 Å². The number of methoxy groups -OCH3 is 1. The zero-order valence-corrected chi connectivity index (χ0v) is 20.0. The van der Waals surface area contributed by atoms with E-state index < -0.39 is 0 Å². The van der Waals surface area contributed by atoms with Crippen molar-refractivity contribution < 1.29 is 9.53 Å². The Morgan fingerprint density at radius 2 is 2.03 bits per heavy atom. The summed E-state index contributed by atoms with van der Waals surface area (Å²) in [6.07, 6.45) is 4.88. The van der Waals surface area contributed by atoms with E-state index in [0.717, 1.165) is 34.7 Å². The number of para-hydroxylation sites is 2. The maximum atomic E-state index is 13.4. The number of ether oxygens (including phenoxy) is 1. The first-order valence-electron chi connectivity index (χ1n) is 10.5. The SMILES string of the molecule is COc1ccccc1NC(=O)c1c(N=Cc2cccs2)sc2c1CCC(C(C)(C)C)C2. The molecule has 1 atom stereocenters. The lowest BCUT2D eigenvalue weighted by molar-refractivity contribution is 0.102. The molecule has 1 aliphatic carbocycles. The van der Waals surface area contributed by atoms with Gasteiger partial charge in [0.05, 0.1) is 18.4 Å². The number of nitrogens with one attached hydrogen (secondary N) is 1. The molecule has 0 saturated heterocycles. The molecule has 162 valence electrons. The van der Waals surface area contributed by atoms with Gasteiger partial charge < -0.3 is 10.1 Å². The van der Waals surface area contributed by atoms with E-state index >= 15 is 0 Å². The van der Waals surface area contributed by atoms with Gasteiger partial charge in [-0.25, -0.2) is 4.99 Å². The average molecular weight is 453 g/mol. The predicted molar refractivity (Wildman–Crippen MR) is 132 cm³/mol. The largest absolute Gasteiger partial charge is 0.495 e. The molecule has 0 saturated carbocycles. The van der Waals surface area contributed by atoms with Crippen molar-refractivity contribution >= 4 is 45.5 Å². The molecule has 4 rings (SSSR count). The third kappa shape index (κ3) is 4.75. The van der Waals surface area contributed by atoms with Gasteiger partial charge in [-0.15, -0.1) is 22.7 Å². The summed E-state index contributed by atoms with van der Waals surface area (Å²) in [6, 6.07) is 11.5. The summed E-state index contributed by atoms with van der Waals surface area (Å²) >= 11 is 3.31. The van der Waals surface area contributed by atoms with E-state index in [1.807, 2.05) is 48.0 Å². The van der Waals surface area contributed by atoms with Gasteiger partial charge in [0.15, 0.2) is 0 Å². The number of carbonyl (C=O) groups is 1. The molecule has 1 aliphatic rings. The minimum atomic E-state index is -0.116. The number of carbonyl (C=O) groups excluding carboxylic acids is 1. The summed E-state index contributed by atoms with van der Waals surface area (Å²) in [7, 11) is 1.61.